The molecule has 3 heterocycles. The fraction of sp³-hybridized carbons (Fsp3) is 0.724. The molecule has 9 nitrogen and oxygen atoms in total. The van der Waals surface area contributed by atoms with E-state index in [-0.39, 0.29) is 30.2 Å². The topological polar surface area (TPSA) is 114 Å². The van der Waals surface area contributed by atoms with Crippen molar-refractivity contribution in [2.45, 2.75) is 103 Å². The van der Waals surface area contributed by atoms with Crippen LogP contribution in [0.5, 0.6) is 5.88 Å². The molecule has 4 rings (SSSR count). The zero-order valence-electron chi connectivity index (χ0n) is 24.3. The summed E-state index contributed by atoms with van der Waals surface area (Å²) in [5.41, 5.74) is 0.0761. The molecule has 1 aliphatic carbocycles. The standard InChI is InChI=1S/C16H31N3O.C13H14F2N2O3/c1-5-6-7-8-9-10-11-12-13-17-16(3,4)15-18-14(2)20-19-15;14-13(15)6-17(7-13)10-4-3-9(12(18)19)16-11(10)20-5-8-1-2-8/h17H,5-13H2,1-4H3;3-4,8H,1-2,5-7H2,(H,18,19). The number of ether oxygens (including phenoxy) is 1. The number of anilines is 1. The minimum absolute atomic E-state index is 0.132. The average molecular weight is 566 g/mol. The van der Waals surface area contributed by atoms with E-state index >= 15 is 0 Å². The molecular weight excluding hydrogens is 520 g/mol. The van der Waals surface area contributed by atoms with E-state index in [2.05, 4.69) is 41.2 Å². The summed E-state index contributed by atoms with van der Waals surface area (Å²) in [5, 5.41) is 16.4. The van der Waals surface area contributed by atoms with Crippen LogP contribution in [0.2, 0.25) is 0 Å². The summed E-state index contributed by atoms with van der Waals surface area (Å²) in [6, 6.07) is 2.78. The average Bonchev–Trinajstić information content (AvgIpc) is 3.62. The zero-order valence-corrected chi connectivity index (χ0v) is 24.3. The molecule has 0 radical (unpaired) electrons. The lowest BCUT2D eigenvalue weighted by atomic mass is 10.0. The number of carboxylic acid groups (broad SMARTS) is 1. The van der Waals surface area contributed by atoms with Crippen molar-refractivity contribution >= 4 is 11.7 Å². The van der Waals surface area contributed by atoms with Crippen molar-refractivity contribution in [1.82, 2.24) is 20.4 Å². The van der Waals surface area contributed by atoms with E-state index in [1.807, 2.05) is 6.92 Å². The normalized spacial score (nSPS) is 16.2. The maximum Gasteiger partial charge on any atom is 0.354 e. The van der Waals surface area contributed by atoms with Gasteiger partial charge >= 0.3 is 5.97 Å². The number of carboxylic acids is 1. The first-order valence-electron chi connectivity index (χ1n) is 14.6. The van der Waals surface area contributed by atoms with Gasteiger partial charge in [-0.3, -0.25) is 0 Å². The minimum atomic E-state index is -2.70. The monoisotopic (exact) mass is 565 g/mol. The first-order valence-corrected chi connectivity index (χ1v) is 14.6. The summed E-state index contributed by atoms with van der Waals surface area (Å²) >= 11 is 0. The maximum atomic E-state index is 12.9. The number of hydrogen-bond donors (Lipinski definition) is 2. The Bertz CT molecular complexity index is 1070. The van der Waals surface area contributed by atoms with Gasteiger partial charge in [-0.15, -0.1) is 0 Å². The molecule has 1 saturated heterocycles. The Morgan fingerprint density at radius 3 is 2.33 bits per heavy atom. The number of hydrogen-bond acceptors (Lipinski definition) is 8. The van der Waals surface area contributed by atoms with E-state index in [4.69, 9.17) is 14.4 Å². The highest BCUT2D eigenvalue weighted by atomic mass is 19.3. The van der Waals surface area contributed by atoms with Gasteiger partial charge in [-0.2, -0.15) is 4.98 Å². The first-order chi connectivity index (χ1) is 19.0. The summed E-state index contributed by atoms with van der Waals surface area (Å²) in [5.74, 6) is -1.89. The Hall–Kier alpha value is -2.82. The third-order valence-corrected chi connectivity index (χ3v) is 7.08. The van der Waals surface area contributed by atoms with Gasteiger partial charge in [0.2, 0.25) is 11.8 Å². The van der Waals surface area contributed by atoms with Gasteiger partial charge in [-0.1, -0.05) is 57.0 Å². The Balaban J connectivity index is 0.000000220. The summed E-state index contributed by atoms with van der Waals surface area (Å²) < 4.78 is 36.4. The molecule has 2 aromatic rings. The van der Waals surface area contributed by atoms with Gasteiger partial charge in [0.05, 0.1) is 25.2 Å². The molecule has 0 aromatic carbocycles. The quantitative estimate of drug-likeness (QED) is 0.224. The predicted octanol–water partition coefficient (Wildman–Crippen LogP) is 6.37. The lowest BCUT2D eigenvalue weighted by Gasteiger charge is -2.40. The number of pyridine rings is 1. The molecule has 0 unspecified atom stereocenters. The van der Waals surface area contributed by atoms with Crippen molar-refractivity contribution in [3.63, 3.8) is 0 Å². The fourth-order valence-electron chi connectivity index (χ4n) is 4.35. The summed E-state index contributed by atoms with van der Waals surface area (Å²) in [7, 11) is 0. The smallest absolute Gasteiger partial charge is 0.354 e. The molecule has 0 amide bonds. The lowest BCUT2D eigenvalue weighted by molar-refractivity contribution is -0.0265. The van der Waals surface area contributed by atoms with Crippen LogP contribution < -0.4 is 15.0 Å². The van der Waals surface area contributed by atoms with Crippen LogP contribution in [-0.4, -0.2) is 58.4 Å². The number of nitrogens with zero attached hydrogens (tertiary/aromatic N) is 4. The highest BCUT2D eigenvalue weighted by molar-refractivity contribution is 5.86. The van der Waals surface area contributed by atoms with Crippen LogP contribution in [0.25, 0.3) is 0 Å². The number of rotatable bonds is 16. The number of aromatic carboxylic acids is 1. The zero-order chi connectivity index (χ0) is 29.2. The van der Waals surface area contributed by atoms with Crippen molar-refractivity contribution in [1.29, 1.82) is 0 Å². The van der Waals surface area contributed by atoms with Gasteiger partial charge in [0, 0.05) is 6.92 Å². The van der Waals surface area contributed by atoms with Gasteiger partial charge in [-0.05, 0) is 57.7 Å². The van der Waals surface area contributed by atoms with Gasteiger partial charge in [0.15, 0.2) is 11.5 Å². The number of unbranched alkanes of at least 4 members (excludes halogenated alkanes) is 7. The molecule has 40 heavy (non-hydrogen) atoms. The molecule has 1 saturated carbocycles. The number of aryl methyl sites for hydroxylation is 1. The lowest BCUT2D eigenvalue weighted by Crippen LogP contribution is -2.56. The molecule has 0 bridgehead atoms. The predicted molar refractivity (Wildman–Crippen MR) is 149 cm³/mol. The summed E-state index contributed by atoms with van der Waals surface area (Å²) in [6.45, 7) is 8.97. The second-order valence-electron chi connectivity index (χ2n) is 11.5. The van der Waals surface area contributed by atoms with E-state index in [1.165, 1.54) is 68.4 Å². The fourth-order valence-corrected chi connectivity index (χ4v) is 4.35. The molecule has 0 atom stereocenters. The summed E-state index contributed by atoms with van der Waals surface area (Å²) in [6.07, 6.45) is 12.9. The van der Waals surface area contributed by atoms with Crippen LogP contribution in [0.4, 0.5) is 14.5 Å². The van der Waals surface area contributed by atoms with Gasteiger partial charge in [0.25, 0.3) is 5.92 Å². The minimum Gasteiger partial charge on any atom is -0.477 e. The van der Waals surface area contributed by atoms with Gasteiger partial charge in [0.1, 0.15) is 5.69 Å². The Kier molecular flexibility index (Phi) is 11.7. The van der Waals surface area contributed by atoms with E-state index < -0.39 is 11.9 Å². The van der Waals surface area contributed by atoms with Crippen molar-refractivity contribution in [2.24, 2.45) is 5.92 Å². The highest BCUT2D eigenvalue weighted by Gasteiger charge is 2.45. The van der Waals surface area contributed by atoms with Crippen LogP contribution in [0, 0.1) is 12.8 Å². The third kappa shape index (κ3) is 10.3. The van der Waals surface area contributed by atoms with Crippen LogP contribution in [0.15, 0.2) is 16.7 Å². The number of halogens is 2. The van der Waals surface area contributed by atoms with Crippen molar-refractivity contribution in [2.75, 3.05) is 31.1 Å². The SMILES string of the molecule is CCCCCCCCCCNC(C)(C)c1noc(C)n1.O=C(O)c1ccc(N2CC(F)(F)C2)c(OCC2CC2)n1. The summed E-state index contributed by atoms with van der Waals surface area (Å²) in [4.78, 5) is 20.6. The molecule has 11 heteroatoms. The number of carbonyl (C=O) groups is 1. The Labute approximate surface area is 236 Å². The second kappa shape index (κ2) is 14.7. The molecular formula is C29H45F2N5O4. The van der Waals surface area contributed by atoms with Crippen LogP contribution in [-0.2, 0) is 5.54 Å². The Morgan fingerprint density at radius 2 is 1.77 bits per heavy atom. The number of nitrogens with one attached hydrogen (secondary N) is 1. The van der Waals surface area contributed by atoms with E-state index in [0.717, 1.165) is 25.2 Å². The van der Waals surface area contributed by atoms with E-state index in [0.29, 0.717) is 24.1 Å². The third-order valence-electron chi connectivity index (χ3n) is 7.08. The van der Waals surface area contributed by atoms with Crippen LogP contribution in [0.1, 0.15) is 107 Å². The van der Waals surface area contributed by atoms with E-state index in [9.17, 15) is 13.6 Å². The van der Waals surface area contributed by atoms with Gasteiger partial charge in [-0.25, -0.2) is 18.6 Å². The maximum absolute atomic E-state index is 12.9. The molecule has 224 valence electrons. The second-order valence-corrected chi connectivity index (χ2v) is 11.5. The van der Waals surface area contributed by atoms with E-state index in [1.54, 1.807) is 0 Å². The first kappa shape index (κ1) is 31.7. The molecule has 0 spiro atoms. The molecule has 2 fully saturated rings. The Morgan fingerprint density at radius 1 is 1.12 bits per heavy atom. The molecule has 2 N–H and O–H groups in total. The number of alkyl halides is 2. The van der Waals surface area contributed by atoms with Crippen molar-refractivity contribution in [3.8, 4) is 5.88 Å². The number of aromatic nitrogens is 3. The van der Waals surface area contributed by atoms with Crippen LogP contribution in [0.3, 0.4) is 0 Å². The molecule has 2 aromatic heterocycles. The highest BCUT2D eigenvalue weighted by Crippen LogP contribution is 2.37. The van der Waals surface area contributed by atoms with Gasteiger partial charge < -0.3 is 24.6 Å². The van der Waals surface area contributed by atoms with Crippen LogP contribution >= 0.6 is 0 Å². The van der Waals surface area contributed by atoms with Crippen molar-refractivity contribution in [3.05, 3.63) is 29.5 Å². The molecule has 1 aliphatic heterocycles. The molecule has 2 aliphatic rings. The largest absolute Gasteiger partial charge is 0.477 e. The van der Waals surface area contributed by atoms with Crippen molar-refractivity contribution < 1.29 is 27.9 Å².